The Morgan fingerprint density at radius 2 is 2.04 bits per heavy atom. The average Bonchev–Trinajstić information content (AvgIpc) is 3.06. The van der Waals surface area contributed by atoms with Gasteiger partial charge in [0.05, 0.1) is 12.0 Å². The Morgan fingerprint density at radius 3 is 2.67 bits per heavy atom. The molecule has 1 saturated carbocycles. The number of fused-ring (bicyclic) bond motifs is 1. The van der Waals surface area contributed by atoms with Crippen LogP contribution in [0, 0.1) is 11.3 Å². The van der Waals surface area contributed by atoms with E-state index < -0.39 is 11.4 Å². The monoisotopic (exact) mass is 352 g/mol. The second-order valence-corrected chi connectivity index (χ2v) is 6.96. The summed E-state index contributed by atoms with van der Waals surface area (Å²) in [6, 6.07) is 9.89. The first-order chi connectivity index (χ1) is 11.0. The van der Waals surface area contributed by atoms with Crippen molar-refractivity contribution in [2.75, 3.05) is 26.7 Å². The third-order valence-electron chi connectivity index (χ3n) is 5.41. The summed E-state index contributed by atoms with van der Waals surface area (Å²) in [5.41, 5.74) is 0.488. The van der Waals surface area contributed by atoms with E-state index in [1.54, 1.807) is 11.9 Å². The van der Waals surface area contributed by atoms with Crippen LogP contribution in [-0.2, 0) is 16.1 Å². The molecule has 1 aromatic carbocycles. The highest BCUT2D eigenvalue weighted by molar-refractivity contribution is 5.85. The molecule has 5 nitrogen and oxygen atoms in total. The van der Waals surface area contributed by atoms with Crippen LogP contribution in [0.15, 0.2) is 30.3 Å². The Labute approximate surface area is 149 Å². The number of likely N-dealkylation sites (tertiary alicyclic amines) is 1. The zero-order chi connectivity index (χ0) is 16.4. The van der Waals surface area contributed by atoms with Crippen LogP contribution in [-0.4, -0.2) is 53.5 Å². The van der Waals surface area contributed by atoms with Crippen LogP contribution < -0.4 is 0 Å². The number of amides is 1. The van der Waals surface area contributed by atoms with Gasteiger partial charge in [0.15, 0.2) is 0 Å². The van der Waals surface area contributed by atoms with Crippen molar-refractivity contribution >= 4 is 24.3 Å². The lowest BCUT2D eigenvalue weighted by atomic mass is 9.81. The first-order valence-electron chi connectivity index (χ1n) is 8.25. The highest BCUT2D eigenvalue weighted by Crippen LogP contribution is 2.48. The summed E-state index contributed by atoms with van der Waals surface area (Å²) in [5.74, 6) is -0.436. The van der Waals surface area contributed by atoms with Crippen molar-refractivity contribution in [2.45, 2.75) is 25.8 Å². The predicted octanol–water partition coefficient (Wildman–Crippen LogP) is 2.25. The number of aliphatic carboxylic acids is 1. The molecule has 1 aromatic rings. The van der Waals surface area contributed by atoms with Crippen LogP contribution in [0.25, 0.3) is 0 Å². The number of rotatable bonds is 5. The van der Waals surface area contributed by atoms with Crippen LogP contribution in [0.3, 0.4) is 0 Å². The molecule has 132 valence electrons. The fourth-order valence-electron chi connectivity index (χ4n) is 4.12. The third kappa shape index (κ3) is 3.57. The third-order valence-corrected chi connectivity index (χ3v) is 5.41. The van der Waals surface area contributed by atoms with E-state index in [-0.39, 0.29) is 24.2 Å². The minimum absolute atomic E-state index is 0. The number of benzene rings is 1. The van der Waals surface area contributed by atoms with Gasteiger partial charge in [0.1, 0.15) is 0 Å². The minimum atomic E-state index is -0.687. The first kappa shape index (κ1) is 18.7. The molecule has 0 aromatic heterocycles. The molecule has 1 aliphatic heterocycles. The van der Waals surface area contributed by atoms with E-state index in [1.807, 2.05) is 35.2 Å². The number of carboxylic acid groups (broad SMARTS) is 1. The van der Waals surface area contributed by atoms with Crippen molar-refractivity contribution in [2.24, 2.45) is 11.3 Å². The number of nitrogens with zero attached hydrogens (tertiary/aromatic N) is 2. The van der Waals surface area contributed by atoms with Crippen LogP contribution >= 0.6 is 12.4 Å². The molecule has 6 heteroatoms. The summed E-state index contributed by atoms with van der Waals surface area (Å²) < 4.78 is 0. The van der Waals surface area contributed by atoms with Crippen molar-refractivity contribution in [3.63, 3.8) is 0 Å². The van der Waals surface area contributed by atoms with E-state index in [4.69, 9.17) is 0 Å². The summed E-state index contributed by atoms with van der Waals surface area (Å²) in [7, 11) is 1.80. The van der Waals surface area contributed by atoms with Gasteiger partial charge in [0, 0.05) is 26.7 Å². The summed E-state index contributed by atoms with van der Waals surface area (Å²) in [6.45, 7) is 2.14. The summed E-state index contributed by atoms with van der Waals surface area (Å²) in [4.78, 5) is 27.9. The Morgan fingerprint density at radius 1 is 1.33 bits per heavy atom. The van der Waals surface area contributed by atoms with Crippen LogP contribution in [0.1, 0.15) is 24.8 Å². The molecule has 1 aliphatic carbocycles. The molecule has 0 bridgehead atoms. The molecular formula is C18H25ClN2O3. The normalized spacial score (nSPS) is 25.8. The van der Waals surface area contributed by atoms with E-state index in [1.165, 1.54) is 0 Å². The lowest BCUT2D eigenvalue weighted by Crippen LogP contribution is -2.40. The number of likely N-dealkylation sites (N-methyl/N-ethyl adjacent to an activating group) is 1. The highest BCUT2D eigenvalue weighted by Gasteiger charge is 2.54. The first-order valence-corrected chi connectivity index (χ1v) is 8.25. The molecule has 1 N–H and O–H groups in total. The fourth-order valence-corrected chi connectivity index (χ4v) is 4.12. The number of carboxylic acids is 1. The maximum atomic E-state index is 12.4. The van der Waals surface area contributed by atoms with Gasteiger partial charge in [-0.25, -0.2) is 0 Å². The van der Waals surface area contributed by atoms with Gasteiger partial charge in [-0.2, -0.15) is 0 Å². The van der Waals surface area contributed by atoms with Gasteiger partial charge >= 0.3 is 5.97 Å². The quantitative estimate of drug-likeness (QED) is 0.883. The zero-order valence-electron chi connectivity index (χ0n) is 14.0. The summed E-state index contributed by atoms with van der Waals surface area (Å²) in [6.07, 6.45) is 2.71. The standard InChI is InChI=1S/C18H24N2O3.ClH/c1-19(10-14-6-3-2-4-7-14)16(21)12-20-11-15-8-5-9-18(15,13-20)17(22)23;/h2-4,6-7,15H,5,8-13H2,1H3,(H,22,23);1H/t15-,18+;/m0./s1. The van der Waals surface area contributed by atoms with Gasteiger partial charge in [-0.3, -0.25) is 14.5 Å². The second-order valence-electron chi connectivity index (χ2n) is 6.96. The number of carbonyl (C=O) groups is 2. The summed E-state index contributed by atoms with van der Waals surface area (Å²) >= 11 is 0. The van der Waals surface area contributed by atoms with Gasteiger partial charge in [-0.05, 0) is 24.3 Å². The predicted molar refractivity (Wildman–Crippen MR) is 94.0 cm³/mol. The Kier molecular flexibility index (Phi) is 5.88. The molecular weight excluding hydrogens is 328 g/mol. The van der Waals surface area contributed by atoms with Gasteiger partial charge in [0.2, 0.25) is 5.91 Å². The minimum Gasteiger partial charge on any atom is -0.481 e. The molecule has 1 amide bonds. The van der Waals surface area contributed by atoms with E-state index in [0.717, 1.165) is 31.4 Å². The molecule has 0 spiro atoms. The maximum Gasteiger partial charge on any atom is 0.311 e. The molecule has 0 unspecified atom stereocenters. The molecule has 24 heavy (non-hydrogen) atoms. The second kappa shape index (κ2) is 7.53. The van der Waals surface area contributed by atoms with Crippen molar-refractivity contribution in [3.05, 3.63) is 35.9 Å². The van der Waals surface area contributed by atoms with Crippen molar-refractivity contribution < 1.29 is 14.7 Å². The van der Waals surface area contributed by atoms with Crippen LogP contribution in [0.4, 0.5) is 0 Å². The van der Waals surface area contributed by atoms with Crippen molar-refractivity contribution in [3.8, 4) is 0 Å². The number of halogens is 1. The fraction of sp³-hybridized carbons (Fsp3) is 0.556. The molecule has 1 heterocycles. The van der Waals surface area contributed by atoms with E-state index in [9.17, 15) is 14.7 Å². The molecule has 1 saturated heterocycles. The Balaban J connectivity index is 0.00000208. The molecule has 3 rings (SSSR count). The SMILES string of the molecule is CN(Cc1ccccc1)C(=O)CN1C[C@@H]2CCC[C@@]2(C(=O)O)C1.Cl. The van der Waals surface area contributed by atoms with Crippen molar-refractivity contribution in [1.29, 1.82) is 0 Å². The molecule has 2 atom stereocenters. The zero-order valence-corrected chi connectivity index (χ0v) is 14.8. The van der Waals surface area contributed by atoms with Crippen LogP contribution in [0.2, 0.25) is 0 Å². The lowest BCUT2D eigenvalue weighted by Gasteiger charge is -2.24. The Bertz CT molecular complexity index is 595. The van der Waals surface area contributed by atoms with Gasteiger partial charge < -0.3 is 10.0 Å². The number of hydrogen-bond donors (Lipinski definition) is 1. The smallest absolute Gasteiger partial charge is 0.311 e. The van der Waals surface area contributed by atoms with Crippen LogP contribution in [0.5, 0.6) is 0 Å². The van der Waals surface area contributed by atoms with Gasteiger partial charge in [-0.15, -0.1) is 12.4 Å². The van der Waals surface area contributed by atoms with Crippen molar-refractivity contribution in [1.82, 2.24) is 9.80 Å². The van der Waals surface area contributed by atoms with Gasteiger partial charge in [-0.1, -0.05) is 36.8 Å². The number of hydrogen-bond acceptors (Lipinski definition) is 3. The van der Waals surface area contributed by atoms with E-state index >= 15 is 0 Å². The topological polar surface area (TPSA) is 60.9 Å². The number of carbonyl (C=O) groups excluding carboxylic acids is 1. The highest BCUT2D eigenvalue weighted by atomic mass is 35.5. The lowest BCUT2D eigenvalue weighted by molar-refractivity contribution is -0.149. The molecule has 0 radical (unpaired) electrons. The summed E-state index contributed by atoms with van der Waals surface area (Å²) in [5, 5.41) is 9.61. The van der Waals surface area contributed by atoms with Gasteiger partial charge in [0.25, 0.3) is 0 Å². The largest absolute Gasteiger partial charge is 0.481 e. The van der Waals surface area contributed by atoms with E-state index in [2.05, 4.69) is 0 Å². The molecule has 2 aliphatic rings. The maximum absolute atomic E-state index is 12.4. The molecule has 2 fully saturated rings. The average molecular weight is 353 g/mol. The van der Waals surface area contributed by atoms with E-state index in [0.29, 0.717) is 19.6 Å². The Hall–Kier alpha value is -1.59.